The molecule has 0 saturated carbocycles. The second kappa shape index (κ2) is 14.9. The van der Waals surface area contributed by atoms with Crippen molar-refractivity contribution in [3.8, 4) is 5.75 Å². The van der Waals surface area contributed by atoms with Gasteiger partial charge in [0, 0.05) is 10.6 Å². The van der Waals surface area contributed by atoms with Gasteiger partial charge in [-0.15, -0.1) is 0 Å². The lowest BCUT2D eigenvalue weighted by molar-refractivity contribution is -0.165. The van der Waals surface area contributed by atoms with E-state index in [0.717, 1.165) is 5.32 Å². The molecule has 2 aromatic rings. The summed E-state index contributed by atoms with van der Waals surface area (Å²) < 4.78 is 71.6. The van der Waals surface area contributed by atoms with E-state index in [-0.39, 0.29) is 16.1 Å². The van der Waals surface area contributed by atoms with E-state index in [1.165, 1.54) is 76.4 Å². The van der Waals surface area contributed by atoms with Crippen molar-refractivity contribution in [2.75, 3.05) is 13.7 Å². The number of ketones is 1. The molecular weight excluding hydrogens is 619 g/mol. The highest BCUT2D eigenvalue weighted by Crippen LogP contribution is 2.24. The molecular formula is C28H30ClF5N4O6. The standard InChI is InChI=1S/C28H30ClF5N4O6/c1-14(2)20(22(39)28(33,34)26(43)35-13-27(30,31)32)37-25(42)21(16-8-10-19(44-4)11-9-16)38-23(40)15(3)36-24(41)17-6-5-7-18(29)12-17/h5-12,14-15,20-21H,13H2,1-4H3,(H,35,43)(H,36,41)(H,37,42)(H,38,40). The van der Waals surface area contributed by atoms with Crippen molar-refractivity contribution in [1.29, 1.82) is 0 Å². The number of rotatable bonds is 13. The Hall–Kier alpha value is -4.27. The summed E-state index contributed by atoms with van der Waals surface area (Å²) >= 11 is 5.90. The lowest BCUT2D eigenvalue weighted by Gasteiger charge is -2.28. The van der Waals surface area contributed by atoms with E-state index in [4.69, 9.17) is 16.3 Å². The number of Topliss-reactive ketones (excluding diaryl/α,β-unsaturated/α-hetero) is 1. The Morgan fingerprint density at radius 1 is 0.864 bits per heavy atom. The zero-order chi connectivity index (χ0) is 33.4. The van der Waals surface area contributed by atoms with Gasteiger partial charge < -0.3 is 26.0 Å². The van der Waals surface area contributed by atoms with E-state index in [2.05, 4.69) is 16.0 Å². The zero-order valence-corrected chi connectivity index (χ0v) is 24.6. The summed E-state index contributed by atoms with van der Waals surface area (Å²) in [5, 5.41) is 8.12. The van der Waals surface area contributed by atoms with Crippen LogP contribution in [0.4, 0.5) is 22.0 Å². The highest BCUT2D eigenvalue weighted by atomic mass is 35.5. The van der Waals surface area contributed by atoms with Crippen molar-refractivity contribution >= 4 is 41.0 Å². The lowest BCUT2D eigenvalue weighted by atomic mass is 9.94. The molecule has 0 heterocycles. The molecule has 0 radical (unpaired) electrons. The van der Waals surface area contributed by atoms with Crippen LogP contribution in [0.15, 0.2) is 48.5 Å². The van der Waals surface area contributed by atoms with Crippen LogP contribution in [-0.2, 0) is 19.2 Å². The summed E-state index contributed by atoms with van der Waals surface area (Å²) in [4.78, 5) is 63.5. The molecule has 0 aromatic heterocycles. The average Bonchev–Trinajstić information content (AvgIpc) is 2.96. The van der Waals surface area contributed by atoms with Crippen LogP contribution in [0.5, 0.6) is 5.75 Å². The molecule has 16 heteroatoms. The number of ether oxygens (including phenoxy) is 1. The van der Waals surface area contributed by atoms with Crippen molar-refractivity contribution in [3.05, 3.63) is 64.7 Å². The van der Waals surface area contributed by atoms with Gasteiger partial charge in [0.15, 0.2) is 0 Å². The molecule has 0 bridgehead atoms. The maximum Gasteiger partial charge on any atom is 0.405 e. The van der Waals surface area contributed by atoms with Gasteiger partial charge in [0.1, 0.15) is 24.4 Å². The number of hydrogen-bond donors (Lipinski definition) is 4. The summed E-state index contributed by atoms with van der Waals surface area (Å²) in [7, 11) is 1.37. The molecule has 10 nitrogen and oxygen atoms in total. The van der Waals surface area contributed by atoms with E-state index < -0.39 is 72.1 Å². The van der Waals surface area contributed by atoms with Gasteiger partial charge in [0.2, 0.25) is 17.6 Å². The van der Waals surface area contributed by atoms with Gasteiger partial charge in [-0.1, -0.05) is 43.6 Å². The van der Waals surface area contributed by atoms with Crippen molar-refractivity contribution in [2.24, 2.45) is 5.92 Å². The first-order valence-electron chi connectivity index (χ1n) is 13.0. The smallest absolute Gasteiger partial charge is 0.405 e. The molecule has 4 N–H and O–H groups in total. The van der Waals surface area contributed by atoms with Gasteiger partial charge in [-0.25, -0.2) is 0 Å². The molecule has 0 spiro atoms. The molecule has 0 aliphatic carbocycles. The Morgan fingerprint density at radius 3 is 2.00 bits per heavy atom. The van der Waals surface area contributed by atoms with Crippen molar-refractivity contribution < 1.29 is 50.7 Å². The first-order chi connectivity index (χ1) is 20.4. The van der Waals surface area contributed by atoms with Crippen LogP contribution >= 0.6 is 11.6 Å². The molecule has 4 amide bonds. The van der Waals surface area contributed by atoms with Crippen molar-refractivity contribution in [2.45, 2.75) is 51.0 Å². The molecule has 0 fully saturated rings. The number of carbonyl (C=O) groups excluding carboxylic acids is 5. The second-order valence-corrected chi connectivity index (χ2v) is 10.3. The van der Waals surface area contributed by atoms with Crippen molar-refractivity contribution in [1.82, 2.24) is 21.3 Å². The third-order valence-corrected chi connectivity index (χ3v) is 6.35. The molecule has 3 atom stereocenters. The number of benzene rings is 2. The number of alkyl halides is 5. The quantitative estimate of drug-likeness (QED) is 0.194. The predicted octanol–water partition coefficient (Wildman–Crippen LogP) is 3.35. The lowest BCUT2D eigenvalue weighted by Crippen LogP contribution is -2.58. The van der Waals surface area contributed by atoms with Gasteiger partial charge in [0.25, 0.3) is 11.8 Å². The minimum atomic E-state index is -5.02. The second-order valence-electron chi connectivity index (χ2n) is 9.89. The highest BCUT2D eigenvalue weighted by Gasteiger charge is 2.52. The predicted molar refractivity (Wildman–Crippen MR) is 148 cm³/mol. The Morgan fingerprint density at radius 2 is 1.48 bits per heavy atom. The van der Waals surface area contributed by atoms with E-state index in [1.807, 2.05) is 0 Å². The Labute approximate surface area is 254 Å². The number of nitrogens with one attached hydrogen (secondary N) is 4. The maximum absolute atomic E-state index is 14.6. The van der Waals surface area contributed by atoms with Crippen LogP contribution in [0, 0.1) is 5.92 Å². The Kier molecular flexibility index (Phi) is 12.2. The maximum atomic E-state index is 14.6. The highest BCUT2D eigenvalue weighted by molar-refractivity contribution is 6.31. The first-order valence-corrected chi connectivity index (χ1v) is 13.3. The number of carbonyl (C=O) groups is 5. The molecule has 2 rings (SSSR count). The normalized spacial score (nSPS) is 13.7. The molecule has 0 aliphatic heterocycles. The third kappa shape index (κ3) is 9.89. The average molecular weight is 649 g/mol. The molecule has 2 aromatic carbocycles. The van der Waals surface area contributed by atoms with Crippen molar-refractivity contribution in [3.63, 3.8) is 0 Å². The van der Waals surface area contributed by atoms with Crippen LogP contribution in [0.1, 0.15) is 42.7 Å². The number of halogens is 6. The number of amides is 4. The Balaban J connectivity index is 2.31. The molecule has 240 valence electrons. The molecule has 0 aliphatic rings. The fourth-order valence-electron chi connectivity index (χ4n) is 3.71. The first kappa shape index (κ1) is 35.9. The minimum Gasteiger partial charge on any atom is -0.497 e. The van der Waals surface area contributed by atoms with Gasteiger partial charge >= 0.3 is 12.1 Å². The summed E-state index contributed by atoms with van der Waals surface area (Å²) in [6.07, 6.45) is -5.02. The van der Waals surface area contributed by atoms with E-state index >= 15 is 0 Å². The Bertz CT molecular complexity index is 1370. The van der Waals surface area contributed by atoms with E-state index in [0.29, 0.717) is 5.75 Å². The van der Waals surface area contributed by atoms with Crippen LogP contribution < -0.4 is 26.0 Å². The van der Waals surface area contributed by atoms with Crippen LogP contribution in [0.2, 0.25) is 5.02 Å². The van der Waals surface area contributed by atoms with Crippen LogP contribution in [-0.4, -0.2) is 67.2 Å². The fraction of sp³-hybridized carbons (Fsp3) is 0.393. The van der Waals surface area contributed by atoms with Crippen LogP contribution in [0.3, 0.4) is 0 Å². The van der Waals surface area contributed by atoms with Gasteiger partial charge in [-0.3, -0.25) is 24.0 Å². The topological polar surface area (TPSA) is 143 Å². The molecule has 44 heavy (non-hydrogen) atoms. The van der Waals surface area contributed by atoms with Gasteiger partial charge in [0.05, 0.1) is 13.2 Å². The number of methoxy groups -OCH3 is 1. The molecule has 0 saturated heterocycles. The zero-order valence-electron chi connectivity index (χ0n) is 23.9. The molecule has 3 unspecified atom stereocenters. The summed E-state index contributed by atoms with van der Waals surface area (Å²) in [5.74, 6) is -13.0. The summed E-state index contributed by atoms with van der Waals surface area (Å²) in [5.41, 5.74) is 0.245. The summed E-state index contributed by atoms with van der Waals surface area (Å²) in [6.45, 7) is 1.70. The van der Waals surface area contributed by atoms with Gasteiger partial charge in [-0.05, 0) is 48.7 Å². The summed E-state index contributed by atoms with van der Waals surface area (Å²) in [6, 6.07) is 6.51. The van der Waals surface area contributed by atoms with E-state index in [1.54, 1.807) is 0 Å². The van der Waals surface area contributed by atoms with Gasteiger partial charge in [-0.2, -0.15) is 22.0 Å². The largest absolute Gasteiger partial charge is 0.497 e. The monoisotopic (exact) mass is 648 g/mol. The SMILES string of the molecule is COc1ccc(C(NC(=O)C(C)NC(=O)c2cccc(Cl)c2)C(=O)NC(C(=O)C(F)(F)C(=O)NCC(F)(F)F)C(C)C)cc1. The van der Waals surface area contributed by atoms with E-state index in [9.17, 15) is 45.9 Å². The minimum absolute atomic E-state index is 0.106. The fourth-order valence-corrected chi connectivity index (χ4v) is 3.90. The van der Waals surface area contributed by atoms with Crippen LogP contribution in [0.25, 0.3) is 0 Å². The number of hydrogen-bond acceptors (Lipinski definition) is 6. The third-order valence-electron chi connectivity index (χ3n) is 6.12.